The van der Waals surface area contributed by atoms with E-state index in [-0.39, 0.29) is 6.03 Å². The minimum atomic E-state index is -0.671. The summed E-state index contributed by atoms with van der Waals surface area (Å²) in [5, 5.41) is 12.2. The Kier molecular flexibility index (Phi) is 4.70. The van der Waals surface area contributed by atoms with Crippen LogP contribution in [0.1, 0.15) is 18.5 Å². The first-order chi connectivity index (χ1) is 13.6. The van der Waals surface area contributed by atoms with E-state index in [2.05, 4.69) is 10.6 Å². The van der Waals surface area contributed by atoms with Crippen LogP contribution in [0.5, 0.6) is 0 Å². The molecule has 1 aliphatic heterocycles. The molecule has 28 heavy (non-hydrogen) atoms. The predicted octanol–water partition coefficient (Wildman–Crippen LogP) is 3.40. The lowest BCUT2D eigenvalue weighted by atomic mass is 9.95. The average Bonchev–Trinajstić information content (AvgIpc) is 3.37. The highest BCUT2D eigenvalue weighted by atomic mass is 32.1. The van der Waals surface area contributed by atoms with Crippen LogP contribution in [-0.4, -0.2) is 28.9 Å². The van der Waals surface area contributed by atoms with Crippen molar-refractivity contribution in [2.45, 2.75) is 13.0 Å². The van der Waals surface area contributed by atoms with Gasteiger partial charge >= 0.3 is 12.0 Å². The molecule has 3 aromatic rings. The summed E-state index contributed by atoms with van der Waals surface area (Å²) in [6, 6.07) is 12.5. The smallest absolute Gasteiger partial charge is 0.337 e. The molecule has 0 bridgehead atoms. The molecule has 0 saturated carbocycles. The lowest BCUT2D eigenvalue weighted by Gasteiger charge is -2.27. The Morgan fingerprint density at radius 1 is 1.21 bits per heavy atom. The molecule has 2 aromatic heterocycles. The maximum absolute atomic E-state index is 12.4. The van der Waals surface area contributed by atoms with E-state index >= 15 is 0 Å². The Labute approximate surface area is 165 Å². The average molecular weight is 394 g/mol. The van der Waals surface area contributed by atoms with E-state index in [1.165, 1.54) is 7.11 Å². The molecule has 1 aliphatic rings. The number of nitrogens with one attached hydrogen (secondary N) is 2. The van der Waals surface area contributed by atoms with Crippen LogP contribution in [0.25, 0.3) is 16.3 Å². The highest BCUT2D eigenvalue weighted by molar-refractivity contribution is 7.13. The van der Waals surface area contributed by atoms with Gasteiger partial charge in [-0.15, -0.1) is 11.3 Å². The highest BCUT2D eigenvalue weighted by Gasteiger charge is 2.35. The summed E-state index contributed by atoms with van der Waals surface area (Å²) in [7, 11) is 1.32. The zero-order chi connectivity index (χ0) is 19.7. The first kappa shape index (κ1) is 18.0. The van der Waals surface area contributed by atoms with Crippen LogP contribution >= 0.6 is 11.3 Å². The predicted molar refractivity (Wildman–Crippen MR) is 106 cm³/mol. The van der Waals surface area contributed by atoms with Gasteiger partial charge in [0.25, 0.3) is 0 Å². The Morgan fingerprint density at radius 2 is 2.00 bits per heavy atom. The Balaban J connectivity index is 1.90. The van der Waals surface area contributed by atoms with Gasteiger partial charge in [0.1, 0.15) is 5.69 Å². The summed E-state index contributed by atoms with van der Waals surface area (Å²) in [6.45, 7) is 1.68. The third kappa shape index (κ3) is 3.18. The van der Waals surface area contributed by atoms with Gasteiger partial charge in [-0.25, -0.2) is 14.3 Å². The van der Waals surface area contributed by atoms with E-state index in [9.17, 15) is 9.59 Å². The monoisotopic (exact) mass is 394 g/mol. The molecule has 2 amide bonds. The molecule has 0 fully saturated rings. The summed E-state index contributed by atoms with van der Waals surface area (Å²) >= 11 is 1.54. The summed E-state index contributed by atoms with van der Waals surface area (Å²) in [5.74, 6) is -0.500. The van der Waals surface area contributed by atoms with Crippen LogP contribution in [-0.2, 0) is 9.53 Å². The van der Waals surface area contributed by atoms with Crippen molar-refractivity contribution in [2.24, 2.45) is 0 Å². The van der Waals surface area contributed by atoms with Gasteiger partial charge in [0.15, 0.2) is 0 Å². The Morgan fingerprint density at radius 3 is 2.68 bits per heavy atom. The number of allylic oxidation sites excluding steroid dienone is 1. The minimum absolute atomic E-state index is 0.354. The summed E-state index contributed by atoms with van der Waals surface area (Å²) in [6.07, 6.45) is 1.84. The highest BCUT2D eigenvalue weighted by Crippen LogP contribution is 2.36. The topological polar surface area (TPSA) is 85.2 Å². The van der Waals surface area contributed by atoms with Crippen LogP contribution in [0.3, 0.4) is 0 Å². The number of hydrogen-bond donors (Lipinski definition) is 2. The van der Waals surface area contributed by atoms with E-state index < -0.39 is 12.0 Å². The second kappa shape index (κ2) is 7.32. The number of aromatic nitrogens is 2. The molecule has 1 aromatic carbocycles. The third-order valence-corrected chi connectivity index (χ3v) is 5.38. The van der Waals surface area contributed by atoms with Gasteiger partial charge in [-0.05, 0) is 30.5 Å². The zero-order valence-corrected chi connectivity index (χ0v) is 16.1. The summed E-state index contributed by atoms with van der Waals surface area (Å²) in [4.78, 5) is 25.5. The zero-order valence-electron chi connectivity index (χ0n) is 15.3. The van der Waals surface area contributed by atoms with E-state index in [0.29, 0.717) is 17.0 Å². The number of methoxy groups -OCH3 is 1. The molecule has 1 atom stereocenters. The van der Waals surface area contributed by atoms with Crippen LogP contribution in [0, 0.1) is 0 Å². The molecular weight excluding hydrogens is 376 g/mol. The molecule has 8 heteroatoms. The first-order valence-electron chi connectivity index (χ1n) is 8.64. The molecule has 4 rings (SSSR count). The van der Waals surface area contributed by atoms with E-state index in [1.54, 1.807) is 22.9 Å². The second-order valence-electron chi connectivity index (χ2n) is 6.25. The summed E-state index contributed by atoms with van der Waals surface area (Å²) < 4.78 is 6.71. The standard InChI is InChI=1S/C20H18N4O3S/c1-12-16(19(25)27-2)18(22-20(26)21-12)14-11-24(13-7-4-3-5-8-13)23-17(14)15-9-6-10-28-15/h3-11,18H,1-2H3,(H2,21,22,26)/t18-/m1/s1. The number of esters is 1. The van der Waals surface area contributed by atoms with Crippen molar-refractivity contribution in [3.63, 3.8) is 0 Å². The van der Waals surface area contributed by atoms with Gasteiger partial charge in [0.2, 0.25) is 0 Å². The van der Waals surface area contributed by atoms with Crippen molar-refractivity contribution >= 4 is 23.3 Å². The molecule has 2 N–H and O–H groups in total. The SMILES string of the molecule is COC(=O)C1=C(C)NC(=O)N[C@@H]1c1cn(-c2ccccc2)nc1-c1cccs1. The van der Waals surface area contributed by atoms with Gasteiger partial charge in [-0.2, -0.15) is 5.10 Å². The molecule has 7 nitrogen and oxygen atoms in total. The molecule has 142 valence electrons. The number of para-hydroxylation sites is 1. The number of carbonyl (C=O) groups excluding carboxylic acids is 2. The van der Waals surface area contributed by atoms with Crippen LogP contribution in [0.15, 0.2) is 65.3 Å². The van der Waals surface area contributed by atoms with Gasteiger partial charge in [0, 0.05) is 17.5 Å². The van der Waals surface area contributed by atoms with Gasteiger partial charge in [-0.3, -0.25) is 0 Å². The third-order valence-electron chi connectivity index (χ3n) is 4.50. The van der Waals surface area contributed by atoms with E-state index in [1.807, 2.05) is 54.0 Å². The number of rotatable bonds is 4. The fourth-order valence-electron chi connectivity index (χ4n) is 3.22. The lowest BCUT2D eigenvalue weighted by molar-refractivity contribution is -0.136. The van der Waals surface area contributed by atoms with Crippen LogP contribution in [0.2, 0.25) is 0 Å². The van der Waals surface area contributed by atoms with Crippen LogP contribution in [0.4, 0.5) is 4.79 Å². The maximum Gasteiger partial charge on any atom is 0.337 e. The van der Waals surface area contributed by atoms with Crippen molar-refractivity contribution in [3.8, 4) is 16.3 Å². The summed E-state index contributed by atoms with van der Waals surface area (Å²) in [5.41, 5.74) is 3.13. The Bertz CT molecular complexity index is 1050. The van der Waals surface area contributed by atoms with Gasteiger partial charge in [0.05, 0.1) is 29.3 Å². The van der Waals surface area contributed by atoms with Gasteiger partial charge in [-0.1, -0.05) is 24.3 Å². The molecule has 0 spiro atoms. The number of hydrogen-bond acceptors (Lipinski definition) is 5. The molecule has 0 aliphatic carbocycles. The van der Waals surface area contributed by atoms with Crippen molar-refractivity contribution in [1.29, 1.82) is 0 Å². The normalized spacial score (nSPS) is 16.5. The van der Waals surface area contributed by atoms with Gasteiger partial charge < -0.3 is 15.4 Å². The van der Waals surface area contributed by atoms with Crippen molar-refractivity contribution in [1.82, 2.24) is 20.4 Å². The van der Waals surface area contributed by atoms with Crippen molar-refractivity contribution < 1.29 is 14.3 Å². The fourth-order valence-corrected chi connectivity index (χ4v) is 3.96. The number of ether oxygens (including phenoxy) is 1. The largest absolute Gasteiger partial charge is 0.466 e. The Hall–Kier alpha value is -3.39. The van der Waals surface area contributed by atoms with Crippen molar-refractivity contribution in [2.75, 3.05) is 7.11 Å². The number of carbonyl (C=O) groups is 2. The minimum Gasteiger partial charge on any atom is -0.466 e. The molecular formula is C20H18N4O3S. The lowest BCUT2D eigenvalue weighted by Crippen LogP contribution is -2.45. The number of nitrogens with zero attached hydrogens (tertiary/aromatic N) is 2. The second-order valence-corrected chi connectivity index (χ2v) is 7.20. The van der Waals surface area contributed by atoms with E-state index in [4.69, 9.17) is 9.84 Å². The van der Waals surface area contributed by atoms with Crippen LogP contribution < -0.4 is 10.6 Å². The molecule has 0 radical (unpaired) electrons. The molecule has 0 unspecified atom stereocenters. The quantitative estimate of drug-likeness (QED) is 0.664. The molecule has 0 saturated heterocycles. The number of benzene rings is 1. The number of amides is 2. The number of urea groups is 1. The first-order valence-corrected chi connectivity index (χ1v) is 9.52. The molecule has 3 heterocycles. The van der Waals surface area contributed by atoms with E-state index in [0.717, 1.165) is 16.1 Å². The van der Waals surface area contributed by atoms with Crippen molar-refractivity contribution in [3.05, 3.63) is 70.9 Å². The maximum atomic E-state index is 12.4. The fraction of sp³-hybridized carbons (Fsp3) is 0.150. The number of thiophene rings is 1.